The number of methoxy groups -OCH3 is 1. The summed E-state index contributed by atoms with van der Waals surface area (Å²) >= 11 is 11.7. The molecule has 0 heterocycles. The Morgan fingerprint density at radius 3 is 2.42 bits per heavy atom. The van der Waals surface area contributed by atoms with Crippen molar-refractivity contribution in [3.05, 3.63) is 57.6 Å². The maximum atomic E-state index is 13.9. The third-order valence-corrected chi connectivity index (χ3v) is 3.82. The number of benzene rings is 2. The molecule has 0 bridgehead atoms. The molecule has 0 saturated carbocycles. The summed E-state index contributed by atoms with van der Waals surface area (Å²) in [5, 5.41) is 2.81. The second kappa shape index (κ2) is 8.33. The Balaban J connectivity index is 2.17. The average molecular weight is 404 g/mol. The van der Waals surface area contributed by atoms with Gasteiger partial charge in [0.1, 0.15) is 17.4 Å². The van der Waals surface area contributed by atoms with Gasteiger partial charge in [0.15, 0.2) is 6.10 Å². The molecule has 0 radical (unpaired) electrons. The van der Waals surface area contributed by atoms with Crippen LogP contribution < -0.4 is 10.1 Å². The Bertz CT molecular complexity index is 861. The number of hydrogen-bond acceptors (Lipinski definition) is 4. The van der Waals surface area contributed by atoms with Crippen LogP contribution >= 0.6 is 23.2 Å². The van der Waals surface area contributed by atoms with Crippen molar-refractivity contribution in [1.82, 2.24) is 0 Å². The van der Waals surface area contributed by atoms with Gasteiger partial charge in [0.05, 0.1) is 23.4 Å². The van der Waals surface area contributed by atoms with Crippen LogP contribution in [0.1, 0.15) is 17.3 Å². The minimum Gasteiger partial charge on any atom is -0.479 e. The first-order valence-corrected chi connectivity index (χ1v) is 7.98. The molecule has 0 unspecified atom stereocenters. The summed E-state index contributed by atoms with van der Waals surface area (Å²) in [6.07, 6.45) is -1.07. The molecule has 0 spiro atoms. The van der Waals surface area contributed by atoms with Gasteiger partial charge in [0.2, 0.25) is 0 Å². The zero-order chi connectivity index (χ0) is 19.4. The topological polar surface area (TPSA) is 64.6 Å². The van der Waals surface area contributed by atoms with E-state index in [1.807, 2.05) is 0 Å². The fourth-order valence-electron chi connectivity index (χ4n) is 1.96. The highest BCUT2D eigenvalue weighted by Gasteiger charge is 2.21. The molecule has 138 valence electrons. The van der Waals surface area contributed by atoms with Crippen molar-refractivity contribution in [3.63, 3.8) is 0 Å². The monoisotopic (exact) mass is 403 g/mol. The van der Waals surface area contributed by atoms with Gasteiger partial charge >= 0.3 is 5.97 Å². The number of carbonyl (C=O) groups excluding carboxylic acids is 2. The van der Waals surface area contributed by atoms with Crippen molar-refractivity contribution in [2.75, 3.05) is 12.4 Å². The van der Waals surface area contributed by atoms with Crippen LogP contribution in [-0.2, 0) is 9.53 Å². The number of nitrogens with one attached hydrogen (secondary N) is 1. The molecule has 1 amide bonds. The highest BCUT2D eigenvalue weighted by atomic mass is 35.5. The normalized spacial score (nSPS) is 11.6. The van der Waals surface area contributed by atoms with E-state index >= 15 is 0 Å². The zero-order valence-electron chi connectivity index (χ0n) is 13.6. The van der Waals surface area contributed by atoms with Crippen LogP contribution in [0.2, 0.25) is 10.0 Å². The fraction of sp³-hybridized carbons (Fsp3) is 0.176. The van der Waals surface area contributed by atoms with Crippen LogP contribution in [0.25, 0.3) is 0 Å². The van der Waals surface area contributed by atoms with Crippen LogP contribution in [0.3, 0.4) is 0 Å². The van der Waals surface area contributed by atoms with E-state index in [1.54, 1.807) is 0 Å². The third-order valence-electron chi connectivity index (χ3n) is 3.29. The number of hydrogen-bond donors (Lipinski definition) is 1. The van der Waals surface area contributed by atoms with Gasteiger partial charge in [0.25, 0.3) is 5.91 Å². The summed E-state index contributed by atoms with van der Waals surface area (Å²) in [5.41, 5.74) is -0.909. The van der Waals surface area contributed by atoms with Crippen molar-refractivity contribution in [2.45, 2.75) is 13.0 Å². The Hall–Kier alpha value is -2.38. The number of rotatable bonds is 5. The summed E-state index contributed by atoms with van der Waals surface area (Å²) in [6.45, 7) is 1.41. The molecule has 0 aliphatic rings. The molecular weight excluding hydrogens is 391 g/mol. The van der Waals surface area contributed by atoms with Gasteiger partial charge < -0.3 is 14.8 Å². The number of esters is 1. The van der Waals surface area contributed by atoms with Gasteiger partial charge in [-0.2, -0.15) is 0 Å². The van der Waals surface area contributed by atoms with E-state index in [4.69, 9.17) is 27.9 Å². The first-order valence-electron chi connectivity index (χ1n) is 7.23. The summed E-state index contributed by atoms with van der Waals surface area (Å²) in [4.78, 5) is 23.7. The fourth-order valence-corrected chi connectivity index (χ4v) is 2.41. The Morgan fingerprint density at radius 2 is 1.81 bits per heavy atom. The van der Waals surface area contributed by atoms with Crippen molar-refractivity contribution < 1.29 is 27.8 Å². The highest BCUT2D eigenvalue weighted by Crippen LogP contribution is 2.28. The maximum absolute atomic E-state index is 13.9. The zero-order valence-corrected chi connectivity index (χ0v) is 15.1. The number of carbonyl (C=O) groups is 2. The molecule has 9 heteroatoms. The van der Waals surface area contributed by atoms with Gasteiger partial charge in [0, 0.05) is 11.1 Å². The second-order valence-electron chi connectivity index (χ2n) is 5.13. The molecule has 26 heavy (non-hydrogen) atoms. The van der Waals surface area contributed by atoms with Crippen molar-refractivity contribution >= 4 is 40.8 Å². The van der Waals surface area contributed by atoms with Gasteiger partial charge in [-0.05, 0) is 31.2 Å². The van der Waals surface area contributed by atoms with E-state index in [-0.39, 0.29) is 10.8 Å². The lowest BCUT2D eigenvalue weighted by Gasteiger charge is -2.16. The van der Waals surface area contributed by atoms with Gasteiger partial charge in [-0.1, -0.05) is 23.2 Å². The van der Waals surface area contributed by atoms with E-state index < -0.39 is 40.9 Å². The minimum absolute atomic E-state index is 0.193. The lowest BCUT2D eigenvalue weighted by atomic mass is 10.1. The number of amides is 1. The molecule has 0 saturated heterocycles. The minimum atomic E-state index is -1.11. The second-order valence-corrected chi connectivity index (χ2v) is 5.97. The Morgan fingerprint density at radius 1 is 1.12 bits per heavy atom. The molecular formula is C17H13Cl2F2NO4. The van der Waals surface area contributed by atoms with Crippen LogP contribution in [0.4, 0.5) is 14.5 Å². The smallest absolute Gasteiger partial charge is 0.340 e. The van der Waals surface area contributed by atoms with E-state index in [1.165, 1.54) is 25.1 Å². The molecule has 2 aromatic rings. The SMILES string of the molecule is COC(=O)c1cc(NC(=O)[C@H](C)Oc2ccc(Cl)cc2Cl)c(F)cc1F. The number of halogens is 4. The Kier molecular flexibility index (Phi) is 6.39. The molecule has 0 fully saturated rings. The van der Waals surface area contributed by atoms with Crippen LogP contribution in [0.5, 0.6) is 5.75 Å². The van der Waals surface area contributed by atoms with Crippen LogP contribution in [0, 0.1) is 11.6 Å². The summed E-state index contributed by atoms with van der Waals surface area (Å²) in [6, 6.07) is 5.75. The van der Waals surface area contributed by atoms with Crippen molar-refractivity contribution in [1.29, 1.82) is 0 Å². The highest BCUT2D eigenvalue weighted by molar-refractivity contribution is 6.35. The van der Waals surface area contributed by atoms with Gasteiger partial charge in [-0.15, -0.1) is 0 Å². The quantitative estimate of drug-likeness (QED) is 0.748. The van der Waals surface area contributed by atoms with Crippen molar-refractivity contribution in [2.24, 2.45) is 0 Å². The van der Waals surface area contributed by atoms with Crippen LogP contribution in [0.15, 0.2) is 30.3 Å². The first kappa shape index (κ1) is 19.9. The number of anilines is 1. The molecule has 0 aromatic heterocycles. The summed E-state index contributed by atoms with van der Waals surface area (Å²) in [5.74, 6) is -3.70. The molecule has 2 rings (SSSR count). The van der Waals surface area contributed by atoms with E-state index in [9.17, 15) is 18.4 Å². The molecule has 0 aliphatic heterocycles. The average Bonchev–Trinajstić information content (AvgIpc) is 2.58. The molecule has 1 N–H and O–H groups in total. The lowest BCUT2D eigenvalue weighted by molar-refractivity contribution is -0.122. The molecule has 5 nitrogen and oxygen atoms in total. The van der Waals surface area contributed by atoms with Crippen molar-refractivity contribution in [3.8, 4) is 5.75 Å². The Labute approximate surface area is 157 Å². The lowest BCUT2D eigenvalue weighted by Crippen LogP contribution is -2.30. The van der Waals surface area contributed by atoms with Gasteiger partial charge in [-0.3, -0.25) is 4.79 Å². The number of ether oxygens (including phenoxy) is 2. The van der Waals surface area contributed by atoms with E-state index in [0.29, 0.717) is 11.1 Å². The van der Waals surface area contributed by atoms with Gasteiger partial charge in [-0.25, -0.2) is 13.6 Å². The molecule has 0 aliphatic carbocycles. The standard InChI is InChI=1S/C17H13Cl2F2NO4/c1-8(26-15-4-3-9(18)5-11(15)19)16(23)22-14-6-10(17(24)25-2)12(20)7-13(14)21/h3-8H,1-2H3,(H,22,23)/t8-/m0/s1. The largest absolute Gasteiger partial charge is 0.479 e. The van der Waals surface area contributed by atoms with E-state index in [2.05, 4.69) is 10.1 Å². The molecule has 2 aromatic carbocycles. The summed E-state index contributed by atoms with van der Waals surface area (Å²) < 4.78 is 37.3. The predicted octanol–water partition coefficient (Wildman–Crippen LogP) is 4.46. The first-order chi connectivity index (χ1) is 12.2. The molecule has 1 atom stereocenters. The van der Waals surface area contributed by atoms with E-state index in [0.717, 1.165) is 13.2 Å². The summed E-state index contributed by atoms with van der Waals surface area (Å²) in [7, 11) is 1.05. The van der Waals surface area contributed by atoms with Crippen LogP contribution in [-0.4, -0.2) is 25.1 Å². The maximum Gasteiger partial charge on any atom is 0.340 e. The predicted molar refractivity (Wildman–Crippen MR) is 92.9 cm³/mol. The third kappa shape index (κ3) is 4.62.